The molecule has 2 saturated heterocycles. The number of rotatable bonds is 3. The van der Waals surface area contributed by atoms with E-state index in [1.807, 2.05) is 13.8 Å². The van der Waals surface area contributed by atoms with Gasteiger partial charge in [-0.05, 0) is 32.4 Å². The van der Waals surface area contributed by atoms with Crippen LogP contribution in [0.5, 0.6) is 0 Å². The second kappa shape index (κ2) is 6.22. The number of carbonyl (C=O) groups is 2. The molecule has 28 heavy (non-hydrogen) atoms. The summed E-state index contributed by atoms with van der Waals surface area (Å²) in [4.78, 5) is 33.6. The van der Waals surface area contributed by atoms with Crippen molar-refractivity contribution in [2.75, 3.05) is 25.5 Å². The molecule has 3 aliphatic rings. The lowest BCUT2D eigenvalue weighted by Gasteiger charge is -2.30. The van der Waals surface area contributed by atoms with Crippen LogP contribution in [-0.2, 0) is 9.59 Å². The summed E-state index contributed by atoms with van der Waals surface area (Å²) < 4.78 is 40.6. The SMILES string of the molecule is CN1CC(C2CCN=C3N2C3(C)C)C(C(=O)Nc2ccc(F)c(F)c2F)C1=O. The summed E-state index contributed by atoms with van der Waals surface area (Å²) in [6, 6.07) is 1.64. The smallest absolute Gasteiger partial charge is 0.237 e. The van der Waals surface area contributed by atoms with E-state index >= 15 is 0 Å². The lowest BCUT2D eigenvalue weighted by Crippen LogP contribution is -2.42. The number of anilines is 1. The minimum Gasteiger partial charge on any atom is -0.345 e. The maximum atomic E-state index is 14.0. The van der Waals surface area contributed by atoms with Crippen LogP contribution in [-0.4, -0.2) is 59.2 Å². The molecule has 3 heterocycles. The highest BCUT2D eigenvalue weighted by Gasteiger charge is 2.60. The molecule has 0 aromatic heterocycles. The van der Waals surface area contributed by atoms with Crippen LogP contribution in [0.1, 0.15) is 20.3 Å². The highest BCUT2D eigenvalue weighted by Crippen LogP contribution is 2.46. The number of benzene rings is 1. The Hall–Kier alpha value is -2.58. The highest BCUT2D eigenvalue weighted by molar-refractivity contribution is 6.09. The molecule has 1 aromatic rings. The fourth-order valence-electron chi connectivity index (χ4n) is 4.52. The van der Waals surface area contributed by atoms with E-state index in [1.54, 1.807) is 7.05 Å². The second-order valence-electron chi connectivity index (χ2n) is 8.06. The Morgan fingerprint density at radius 2 is 1.96 bits per heavy atom. The van der Waals surface area contributed by atoms with Crippen molar-refractivity contribution in [3.05, 3.63) is 29.6 Å². The molecule has 0 spiro atoms. The van der Waals surface area contributed by atoms with Crippen molar-refractivity contribution in [1.82, 2.24) is 9.80 Å². The number of fused-ring (bicyclic) bond motifs is 1. The van der Waals surface area contributed by atoms with Gasteiger partial charge in [0, 0.05) is 32.1 Å². The molecule has 1 aromatic carbocycles. The molecule has 1 N–H and O–H groups in total. The summed E-state index contributed by atoms with van der Waals surface area (Å²) in [6.45, 7) is 5.09. The van der Waals surface area contributed by atoms with Gasteiger partial charge in [0.1, 0.15) is 11.8 Å². The van der Waals surface area contributed by atoms with Crippen LogP contribution in [0.3, 0.4) is 0 Å². The lowest BCUT2D eigenvalue weighted by atomic mass is 9.85. The average Bonchev–Trinajstić information content (AvgIpc) is 3.09. The van der Waals surface area contributed by atoms with Gasteiger partial charge in [0.15, 0.2) is 17.5 Å². The van der Waals surface area contributed by atoms with E-state index < -0.39 is 35.0 Å². The molecule has 2 fully saturated rings. The summed E-state index contributed by atoms with van der Waals surface area (Å²) in [7, 11) is 1.62. The van der Waals surface area contributed by atoms with E-state index in [0.29, 0.717) is 19.5 Å². The van der Waals surface area contributed by atoms with E-state index in [1.165, 1.54) is 4.90 Å². The van der Waals surface area contributed by atoms with Crippen LogP contribution in [0.2, 0.25) is 0 Å². The van der Waals surface area contributed by atoms with Gasteiger partial charge >= 0.3 is 0 Å². The van der Waals surface area contributed by atoms with Gasteiger partial charge in [-0.15, -0.1) is 0 Å². The zero-order chi connectivity index (χ0) is 20.4. The minimum absolute atomic E-state index is 0.0399. The summed E-state index contributed by atoms with van der Waals surface area (Å²) in [6.07, 6.45) is 0.710. The van der Waals surface area contributed by atoms with E-state index in [-0.39, 0.29) is 23.4 Å². The van der Waals surface area contributed by atoms with Gasteiger partial charge in [0.25, 0.3) is 0 Å². The predicted octanol–water partition coefficient (Wildman–Crippen LogP) is 2.01. The Balaban J connectivity index is 1.60. The molecular formula is C19H21F3N4O2. The second-order valence-corrected chi connectivity index (χ2v) is 8.06. The molecule has 3 unspecified atom stereocenters. The number of nitrogens with zero attached hydrogens (tertiary/aromatic N) is 3. The van der Waals surface area contributed by atoms with Crippen molar-refractivity contribution in [1.29, 1.82) is 0 Å². The topological polar surface area (TPSA) is 64.8 Å². The number of halogens is 3. The molecule has 9 heteroatoms. The van der Waals surface area contributed by atoms with Crippen molar-refractivity contribution in [2.24, 2.45) is 16.8 Å². The van der Waals surface area contributed by atoms with Crippen molar-refractivity contribution in [2.45, 2.75) is 31.8 Å². The van der Waals surface area contributed by atoms with E-state index in [4.69, 9.17) is 0 Å². The molecule has 0 saturated carbocycles. The van der Waals surface area contributed by atoms with Crippen LogP contribution >= 0.6 is 0 Å². The Bertz CT molecular complexity index is 901. The first-order chi connectivity index (χ1) is 13.1. The molecule has 4 rings (SSSR count). The molecule has 0 radical (unpaired) electrons. The molecule has 6 nitrogen and oxygen atoms in total. The van der Waals surface area contributed by atoms with Crippen LogP contribution in [0.15, 0.2) is 17.1 Å². The maximum absolute atomic E-state index is 14.0. The zero-order valence-corrected chi connectivity index (χ0v) is 15.8. The first-order valence-electron chi connectivity index (χ1n) is 9.18. The van der Waals surface area contributed by atoms with Crippen LogP contribution < -0.4 is 5.32 Å². The van der Waals surface area contributed by atoms with Crippen molar-refractivity contribution < 1.29 is 22.8 Å². The third-order valence-electron chi connectivity index (χ3n) is 5.97. The highest BCUT2D eigenvalue weighted by atomic mass is 19.2. The largest absolute Gasteiger partial charge is 0.345 e. The van der Waals surface area contributed by atoms with Crippen molar-refractivity contribution >= 4 is 23.3 Å². The molecular weight excluding hydrogens is 373 g/mol. The van der Waals surface area contributed by atoms with Crippen LogP contribution in [0.4, 0.5) is 18.9 Å². The van der Waals surface area contributed by atoms with E-state index in [0.717, 1.165) is 18.0 Å². The molecule has 150 valence electrons. The average molecular weight is 394 g/mol. The number of carbonyl (C=O) groups excluding carboxylic acids is 2. The fraction of sp³-hybridized carbons (Fsp3) is 0.526. The summed E-state index contributed by atoms with van der Waals surface area (Å²) in [5.41, 5.74) is -0.679. The van der Waals surface area contributed by atoms with Gasteiger partial charge in [-0.1, -0.05) is 0 Å². The third kappa shape index (κ3) is 2.67. The van der Waals surface area contributed by atoms with Crippen LogP contribution in [0.25, 0.3) is 0 Å². The van der Waals surface area contributed by atoms with E-state index in [2.05, 4.69) is 15.2 Å². The lowest BCUT2D eigenvalue weighted by molar-refractivity contribution is -0.136. The van der Waals surface area contributed by atoms with Gasteiger partial charge in [0.2, 0.25) is 11.8 Å². The molecule has 3 aliphatic heterocycles. The van der Waals surface area contributed by atoms with E-state index in [9.17, 15) is 22.8 Å². The predicted molar refractivity (Wildman–Crippen MR) is 96.2 cm³/mol. The maximum Gasteiger partial charge on any atom is 0.237 e. The quantitative estimate of drug-likeness (QED) is 0.485. The molecule has 0 aliphatic carbocycles. The first-order valence-corrected chi connectivity index (χ1v) is 9.18. The number of hydrogen-bond donors (Lipinski definition) is 1. The zero-order valence-electron chi connectivity index (χ0n) is 15.8. The molecule has 3 atom stereocenters. The fourth-order valence-corrected chi connectivity index (χ4v) is 4.52. The van der Waals surface area contributed by atoms with Gasteiger partial charge in [-0.25, -0.2) is 13.2 Å². The number of likely N-dealkylation sites (tertiary alicyclic amines) is 1. The molecule has 0 bridgehead atoms. The Kier molecular flexibility index (Phi) is 4.17. The number of amides is 2. The van der Waals surface area contributed by atoms with Crippen molar-refractivity contribution in [3.63, 3.8) is 0 Å². The third-order valence-corrected chi connectivity index (χ3v) is 5.97. The standard InChI is InChI=1S/C19H21F3N4O2/c1-19(2)18-23-7-6-12(26(18)19)9-8-25(3)17(28)13(9)16(27)24-11-5-4-10(20)14(21)15(11)22/h4-5,9,12-13H,6-8H2,1-3H3,(H,24,27). The Labute approximate surface area is 160 Å². The van der Waals surface area contributed by atoms with Gasteiger partial charge < -0.3 is 15.1 Å². The normalized spacial score (nSPS) is 28.1. The Morgan fingerprint density at radius 1 is 1.25 bits per heavy atom. The molecule has 2 amide bonds. The summed E-state index contributed by atoms with van der Waals surface area (Å²) >= 11 is 0. The summed E-state index contributed by atoms with van der Waals surface area (Å²) in [5.74, 6) is -5.94. The monoisotopic (exact) mass is 394 g/mol. The van der Waals surface area contributed by atoms with Crippen LogP contribution in [0, 0.1) is 29.3 Å². The number of nitrogens with one attached hydrogen (secondary N) is 1. The van der Waals surface area contributed by atoms with Gasteiger partial charge in [0.05, 0.1) is 11.2 Å². The number of hydrogen-bond acceptors (Lipinski definition) is 4. The van der Waals surface area contributed by atoms with Gasteiger partial charge in [-0.2, -0.15) is 0 Å². The number of amidine groups is 1. The minimum atomic E-state index is -1.66. The van der Waals surface area contributed by atoms with Gasteiger partial charge in [-0.3, -0.25) is 14.6 Å². The van der Waals surface area contributed by atoms with Crippen molar-refractivity contribution in [3.8, 4) is 0 Å². The number of aliphatic imine (C=N–C) groups is 1. The first kappa shape index (κ1) is 18.8. The summed E-state index contributed by atoms with van der Waals surface area (Å²) in [5, 5.41) is 2.27. The Morgan fingerprint density at radius 3 is 2.68 bits per heavy atom.